The van der Waals surface area contributed by atoms with Gasteiger partial charge in [-0.2, -0.15) is 0 Å². The highest BCUT2D eigenvalue weighted by molar-refractivity contribution is 6.46. The van der Waals surface area contributed by atoms with E-state index in [4.69, 9.17) is 4.74 Å². The van der Waals surface area contributed by atoms with Gasteiger partial charge in [-0.1, -0.05) is 42.5 Å². The van der Waals surface area contributed by atoms with E-state index < -0.39 is 22.7 Å². The molecule has 1 N–H and O–H groups in total. The maximum Gasteiger partial charge on any atom is 0.295 e. The number of Topliss-reactive ketones (excluding diaryl/α,β-unsaturated/α-hetero) is 1. The number of benzene rings is 2. The molecule has 0 radical (unpaired) electrons. The van der Waals surface area contributed by atoms with Crippen LogP contribution in [0.2, 0.25) is 0 Å². The molecule has 2 aromatic rings. The third kappa shape index (κ3) is 4.64. The predicted molar refractivity (Wildman–Crippen MR) is 114 cm³/mol. The fourth-order valence-electron chi connectivity index (χ4n) is 3.62. The molecule has 1 atom stereocenters. The Bertz CT molecular complexity index is 1020. The number of nitro groups is 1. The number of hydrogen-bond acceptors (Lipinski definition) is 6. The molecule has 8 heteroatoms. The van der Waals surface area contributed by atoms with Gasteiger partial charge in [0.25, 0.3) is 17.4 Å². The average molecular weight is 424 g/mol. The second-order valence-electron chi connectivity index (χ2n) is 7.45. The number of hydrogen-bond donors (Lipinski definition) is 1. The molecule has 1 fully saturated rings. The molecule has 0 spiro atoms. The average Bonchev–Trinajstić information content (AvgIpc) is 3.01. The lowest BCUT2D eigenvalue weighted by Crippen LogP contribution is -2.31. The minimum atomic E-state index is -1.07. The normalized spacial score (nSPS) is 18.0. The lowest BCUT2D eigenvalue weighted by molar-refractivity contribution is -0.385. The number of ether oxygens (including phenoxy) is 1. The lowest BCUT2D eigenvalue weighted by atomic mass is 9.94. The number of ketones is 1. The van der Waals surface area contributed by atoms with E-state index in [1.54, 1.807) is 36.4 Å². The molecule has 0 unspecified atom stereocenters. The SMILES string of the molecule is CC(C)OCCCN1C(=O)C(=O)C(=C(O)c2ccccc2)[C@H]1c1ccccc1[N+](=O)[O-]. The first-order valence-corrected chi connectivity index (χ1v) is 10.0. The van der Waals surface area contributed by atoms with Gasteiger partial charge in [-0.05, 0) is 26.3 Å². The van der Waals surface area contributed by atoms with Crippen molar-refractivity contribution in [2.24, 2.45) is 0 Å². The van der Waals surface area contributed by atoms with Gasteiger partial charge >= 0.3 is 0 Å². The summed E-state index contributed by atoms with van der Waals surface area (Å²) in [6.07, 6.45) is 0.452. The summed E-state index contributed by atoms with van der Waals surface area (Å²) in [5.41, 5.74) is 0.147. The standard InChI is InChI=1S/C23H24N2O6/c1-15(2)31-14-8-13-24-20(17-11-6-7-12-18(17)25(29)30)19(22(27)23(24)28)21(26)16-9-4-3-5-10-16/h3-7,9-12,15,20,26H,8,13-14H2,1-2H3/t20-/m1/s1. The van der Waals surface area contributed by atoms with Crippen LogP contribution in [0, 0.1) is 10.1 Å². The molecule has 0 aliphatic carbocycles. The zero-order valence-corrected chi connectivity index (χ0v) is 17.4. The third-order valence-corrected chi connectivity index (χ3v) is 5.01. The number of likely N-dealkylation sites (tertiary alicyclic amines) is 1. The number of aliphatic hydroxyl groups is 1. The van der Waals surface area contributed by atoms with Gasteiger partial charge < -0.3 is 14.7 Å². The Hall–Kier alpha value is -3.52. The van der Waals surface area contributed by atoms with Crippen molar-refractivity contribution in [2.45, 2.75) is 32.4 Å². The summed E-state index contributed by atoms with van der Waals surface area (Å²) in [5.74, 6) is -2.03. The molecule has 1 aliphatic rings. The van der Waals surface area contributed by atoms with Crippen LogP contribution in [0.15, 0.2) is 60.2 Å². The Kier molecular flexibility index (Phi) is 6.81. The van der Waals surface area contributed by atoms with Gasteiger partial charge in [-0.3, -0.25) is 19.7 Å². The smallest absolute Gasteiger partial charge is 0.295 e. The van der Waals surface area contributed by atoms with Crippen LogP contribution in [-0.4, -0.2) is 45.9 Å². The zero-order valence-electron chi connectivity index (χ0n) is 17.4. The van der Waals surface area contributed by atoms with Gasteiger partial charge in [-0.25, -0.2) is 0 Å². The van der Waals surface area contributed by atoms with Crippen molar-refractivity contribution in [3.8, 4) is 0 Å². The number of aliphatic hydroxyl groups excluding tert-OH is 1. The van der Waals surface area contributed by atoms with Crippen molar-refractivity contribution >= 4 is 23.1 Å². The summed E-state index contributed by atoms with van der Waals surface area (Å²) in [7, 11) is 0. The van der Waals surface area contributed by atoms with Crippen molar-refractivity contribution in [2.75, 3.05) is 13.2 Å². The summed E-state index contributed by atoms with van der Waals surface area (Å²) >= 11 is 0. The molecule has 1 heterocycles. The van der Waals surface area contributed by atoms with Gasteiger partial charge in [0, 0.05) is 24.8 Å². The van der Waals surface area contributed by atoms with Crippen LogP contribution in [0.5, 0.6) is 0 Å². The van der Waals surface area contributed by atoms with Crippen LogP contribution < -0.4 is 0 Å². The number of para-hydroxylation sites is 1. The van der Waals surface area contributed by atoms with Crippen molar-refractivity contribution in [3.63, 3.8) is 0 Å². The molecule has 162 valence electrons. The molecule has 0 saturated carbocycles. The highest BCUT2D eigenvalue weighted by atomic mass is 16.6. The Balaban J connectivity index is 2.10. The van der Waals surface area contributed by atoms with Crippen LogP contribution in [0.25, 0.3) is 5.76 Å². The molecule has 1 amide bonds. The molecular weight excluding hydrogens is 400 g/mol. The van der Waals surface area contributed by atoms with Crippen molar-refractivity contribution in [3.05, 3.63) is 81.4 Å². The van der Waals surface area contributed by atoms with Gasteiger partial charge in [0.15, 0.2) is 0 Å². The molecule has 0 aromatic heterocycles. The number of carbonyl (C=O) groups excluding carboxylic acids is 2. The largest absolute Gasteiger partial charge is 0.507 e. The fraction of sp³-hybridized carbons (Fsp3) is 0.304. The van der Waals surface area contributed by atoms with E-state index in [-0.39, 0.29) is 35.2 Å². The van der Waals surface area contributed by atoms with E-state index >= 15 is 0 Å². The summed E-state index contributed by atoms with van der Waals surface area (Å²) < 4.78 is 5.52. The van der Waals surface area contributed by atoms with E-state index in [0.29, 0.717) is 18.6 Å². The highest BCUT2D eigenvalue weighted by Crippen LogP contribution is 2.42. The molecule has 8 nitrogen and oxygen atoms in total. The first-order valence-electron chi connectivity index (χ1n) is 10.0. The summed E-state index contributed by atoms with van der Waals surface area (Å²) in [6, 6.07) is 13.2. The molecule has 31 heavy (non-hydrogen) atoms. The van der Waals surface area contributed by atoms with E-state index in [0.717, 1.165) is 0 Å². The van der Waals surface area contributed by atoms with E-state index in [9.17, 15) is 24.8 Å². The van der Waals surface area contributed by atoms with E-state index in [1.807, 2.05) is 13.8 Å². The molecule has 1 saturated heterocycles. The van der Waals surface area contributed by atoms with Crippen LogP contribution in [0.1, 0.15) is 37.4 Å². The second-order valence-corrected chi connectivity index (χ2v) is 7.45. The number of nitro benzene ring substituents is 1. The van der Waals surface area contributed by atoms with Crippen molar-refractivity contribution < 1.29 is 24.4 Å². The second kappa shape index (κ2) is 9.53. The maximum absolute atomic E-state index is 12.9. The van der Waals surface area contributed by atoms with Crippen LogP contribution in [0.3, 0.4) is 0 Å². The van der Waals surface area contributed by atoms with Crippen LogP contribution in [0.4, 0.5) is 5.69 Å². The molecule has 1 aliphatic heterocycles. The third-order valence-electron chi connectivity index (χ3n) is 5.01. The summed E-state index contributed by atoms with van der Waals surface area (Å²) in [6.45, 7) is 4.29. The quantitative estimate of drug-likeness (QED) is 0.172. The van der Waals surface area contributed by atoms with Gasteiger partial charge in [-0.15, -0.1) is 0 Å². The minimum Gasteiger partial charge on any atom is -0.507 e. The van der Waals surface area contributed by atoms with Crippen molar-refractivity contribution in [1.29, 1.82) is 0 Å². The lowest BCUT2D eigenvalue weighted by Gasteiger charge is -2.25. The summed E-state index contributed by atoms with van der Waals surface area (Å²) in [5, 5.41) is 22.6. The van der Waals surface area contributed by atoms with E-state index in [1.165, 1.54) is 23.1 Å². The zero-order chi connectivity index (χ0) is 22.5. The van der Waals surface area contributed by atoms with Crippen LogP contribution in [-0.2, 0) is 14.3 Å². The van der Waals surface area contributed by atoms with Crippen LogP contribution >= 0.6 is 0 Å². The number of nitrogens with zero attached hydrogens (tertiary/aromatic N) is 2. The Morgan fingerprint density at radius 1 is 1.13 bits per heavy atom. The predicted octanol–water partition coefficient (Wildman–Crippen LogP) is 3.83. The highest BCUT2D eigenvalue weighted by Gasteiger charge is 2.47. The minimum absolute atomic E-state index is 0.0134. The molecule has 3 rings (SSSR count). The molecular formula is C23H24N2O6. The van der Waals surface area contributed by atoms with Gasteiger partial charge in [0.2, 0.25) is 0 Å². The Morgan fingerprint density at radius 3 is 2.42 bits per heavy atom. The molecule has 2 aromatic carbocycles. The number of rotatable bonds is 8. The fourth-order valence-corrected chi connectivity index (χ4v) is 3.62. The maximum atomic E-state index is 12.9. The van der Waals surface area contributed by atoms with Gasteiger partial charge in [0.1, 0.15) is 5.76 Å². The van der Waals surface area contributed by atoms with E-state index in [2.05, 4.69) is 0 Å². The first-order chi connectivity index (χ1) is 14.8. The monoisotopic (exact) mass is 424 g/mol. The number of carbonyl (C=O) groups is 2. The topological polar surface area (TPSA) is 110 Å². The first kappa shape index (κ1) is 22.2. The Morgan fingerprint density at radius 2 is 1.77 bits per heavy atom. The van der Waals surface area contributed by atoms with Crippen molar-refractivity contribution in [1.82, 2.24) is 4.90 Å². The number of amides is 1. The summed E-state index contributed by atoms with van der Waals surface area (Å²) in [4.78, 5) is 38.2. The Labute approximate surface area is 179 Å². The molecule has 0 bridgehead atoms. The van der Waals surface area contributed by atoms with Gasteiger partial charge in [0.05, 0.1) is 28.2 Å².